The van der Waals surface area contributed by atoms with E-state index in [9.17, 15) is 25.2 Å². The number of phenols is 4. The molecule has 5 nitrogen and oxygen atoms in total. The van der Waals surface area contributed by atoms with E-state index in [0.29, 0.717) is 5.56 Å². The highest BCUT2D eigenvalue weighted by Gasteiger charge is 2.13. The van der Waals surface area contributed by atoms with Crippen molar-refractivity contribution >= 4 is 5.78 Å². The van der Waals surface area contributed by atoms with Gasteiger partial charge in [-0.3, -0.25) is 4.79 Å². The van der Waals surface area contributed by atoms with Crippen LogP contribution in [-0.4, -0.2) is 26.2 Å². The first kappa shape index (κ1) is 13.7. The highest BCUT2D eigenvalue weighted by Crippen LogP contribution is 2.26. The summed E-state index contributed by atoms with van der Waals surface area (Å²) in [6.07, 6.45) is 0.329. The Kier molecular flexibility index (Phi) is 3.79. The summed E-state index contributed by atoms with van der Waals surface area (Å²) in [6, 6.07) is 7.89. The van der Waals surface area contributed by atoms with E-state index in [-0.39, 0.29) is 47.2 Å². The number of benzene rings is 2. The van der Waals surface area contributed by atoms with E-state index in [0.717, 1.165) is 0 Å². The number of Topliss-reactive ketones (excluding diaryl/α,β-unsaturated/α-hetero) is 1. The van der Waals surface area contributed by atoms with Crippen LogP contribution in [0.3, 0.4) is 0 Å². The van der Waals surface area contributed by atoms with E-state index < -0.39 is 0 Å². The van der Waals surface area contributed by atoms with Crippen molar-refractivity contribution < 1.29 is 25.2 Å². The lowest BCUT2D eigenvalue weighted by molar-refractivity contribution is 0.0979. The molecule has 0 heterocycles. The van der Waals surface area contributed by atoms with Crippen molar-refractivity contribution in [1.29, 1.82) is 0 Å². The molecular formula is C15H14O5. The number of ketones is 1. The lowest BCUT2D eigenvalue weighted by Gasteiger charge is -2.06. The van der Waals surface area contributed by atoms with Crippen molar-refractivity contribution in [3.63, 3.8) is 0 Å². The van der Waals surface area contributed by atoms with Crippen LogP contribution in [0.2, 0.25) is 0 Å². The molecule has 0 unspecified atom stereocenters. The van der Waals surface area contributed by atoms with Gasteiger partial charge in [0.25, 0.3) is 0 Å². The smallest absolute Gasteiger partial charge is 0.167 e. The molecule has 0 aromatic heterocycles. The van der Waals surface area contributed by atoms with Gasteiger partial charge in [-0.1, -0.05) is 6.07 Å². The highest BCUT2D eigenvalue weighted by molar-refractivity contribution is 5.99. The predicted octanol–water partition coefficient (Wildman–Crippen LogP) is 2.32. The third-order valence-corrected chi connectivity index (χ3v) is 2.97. The maximum Gasteiger partial charge on any atom is 0.167 e. The largest absolute Gasteiger partial charge is 0.508 e. The number of rotatable bonds is 4. The molecule has 5 heteroatoms. The third-order valence-electron chi connectivity index (χ3n) is 2.97. The average Bonchev–Trinajstić information content (AvgIpc) is 2.40. The summed E-state index contributed by atoms with van der Waals surface area (Å²) in [6.45, 7) is 0. The molecule has 0 spiro atoms. The molecule has 0 fully saturated rings. The SMILES string of the molecule is O=C(CCc1ccc(O)cc1O)c1cc(O)ccc1O. The zero-order valence-electron chi connectivity index (χ0n) is 10.6. The van der Waals surface area contributed by atoms with Crippen LogP contribution in [-0.2, 0) is 6.42 Å². The predicted molar refractivity (Wildman–Crippen MR) is 72.2 cm³/mol. The van der Waals surface area contributed by atoms with Crippen LogP contribution in [0.4, 0.5) is 0 Å². The molecule has 104 valence electrons. The van der Waals surface area contributed by atoms with Crippen LogP contribution < -0.4 is 0 Å². The number of carbonyl (C=O) groups is 1. The summed E-state index contributed by atoms with van der Waals surface area (Å²) in [4.78, 5) is 12.0. The molecule has 0 saturated heterocycles. The zero-order valence-corrected chi connectivity index (χ0v) is 10.6. The Morgan fingerprint density at radius 2 is 1.50 bits per heavy atom. The molecule has 0 amide bonds. The molecule has 0 saturated carbocycles. The molecule has 0 aliphatic heterocycles. The van der Waals surface area contributed by atoms with Gasteiger partial charge in [0.15, 0.2) is 5.78 Å². The van der Waals surface area contributed by atoms with E-state index >= 15 is 0 Å². The summed E-state index contributed by atoms with van der Waals surface area (Å²) in [5, 5.41) is 37.7. The van der Waals surface area contributed by atoms with Crippen LogP contribution >= 0.6 is 0 Å². The minimum Gasteiger partial charge on any atom is -0.508 e. The topological polar surface area (TPSA) is 98.0 Å². The van der Waals surface area contributed by atoms with Gasteiger partial charge >= 0.3 is 0 Å². The van der Waals surface area contributed by atoms with Gasteiger partial charge < -0.3 is 20.4 Å². The van der Waals surface area contributed by atoms with Gasteiger partial charge in [-0.15, -0.1) is 0 Å². The number of aryl methyl sites for hydroxylation is 1. The monoisotopic (exact) mass is 274 g/mol. The van der Waals surface area contributed by atoms with Gasteiger partial charge in [0.2, 0.25) is 0 Å². The third kappa shape index (κ3) is 3.00. The Bertz CT molecular complexity index is 649. The summed E-state index contributed by atoms with van der Waals surface area (Å²) in [5.41, 5.74) is 0.569. The Balaban J connectivity index is 2.10. The summed E-state index contributed by atoms with van der Waals surface area (Å²) < 4.78 is 0. The standard InChI is InChI=1S/C15H14O5/c16-10-4-6-14(19)12(7-10)13(18)5-2-9-1-3-11(17)8-15(9)20/h1,3-4,6-8,16-17,19-20H,2,5H2. The second kappa shape index (κ2) is 5.52. The maximum atomic E-state index is 12.0. The van der Waals surface area contributed by atoms with E-state index in [1.807, 2.05) is 0 Å². The normalized spacial score (nSPS) is 10.4. The van der Waals surface area contributed by atoms with Crippen molar-refractivity contribution in [1.82, 2.24) is 0 Å². The molecule has 0 bridgehead atoms. The second-order valence-electron chi connectivity index (χ2n) is 4.44. The molecule has 20 heavy (non-hydrogen) atoms. The summed E-state index contributed by atoms with van der Waals surface area (Å²) in [5.74, 6) is -0.770. The Labute approximate surface area is 115 Å². The van der Waals surface area contributed by atoms with Crippen molar-refractivity contribution in [2.75, 3.05) is 0 Å². The number of phenolic OH excluding ortho intramolecular Hbond substituents is 4. The molecule has 0 aliphatic rings. The summed E-state index contributed by atoms with van der Waals surface area (Å²) >= 11 is 0. The van der Waals surface area contributed by atoms with E-state index in [1.54, 1.807) is 0 Å². The number of aromatic hydroxyl groups is 4. The van der Waals surface area contributed by atoms with E-state index in [1.165, 1.54) is 36.4 Å². The number of carbonyl (C=O) groups excluding carboxylic acids is 1. The van der Waals surface area contributed by atoms with Gasteiger partial charge in [0.05, 0.1) is 5.56 Å². The first-order chi connectivity index (χ1) is 9.47. The van der Waals surface area contributed by atoms with Crippen LogP contribution in [0.15, 0.2) is 36.4 Å². The first-order valence-corrected chi connectivity index (χ1v) is 6.03. The first-order valence-electron chi connectivity index (χ1n) is 6.03. The van der Waals surface area contributed by atoms with E-state index in [2.05, 4.69) is 0 Å². The van der Waals surface area contributed by atoms with Gasteiger partial charge in [-0.05, 0) is 36.2 Å². The van der Waals surface area contributed by atoms with Crippen molar-refractivity contribution in [2.45, 2.75) is 12.8 Å². The Morgan fingerprint density at radius 3 is 2.20 bits per heavy atom. The number of hydrogen-bond acceptors (Lipinski definition) is 5. The molecule has 2 rings (SSSR count). The van der Waals surface area contributed by atoms with E-state index in [4.69, 9.17) is 0 Å². The molecular weight excluding hydrogens is 260 g/mol. The molecule has 4 N–H and O–H groups in total. The minimum absolute atomic E-state index is 0.0447. The quantitative estimate of drug-likeness (QED) is 0.506. The highest BCUT2D eigenvalue weighted by atomic mass is 16.3. The fourth-order valence-corrected chi connectivity index (χ4v) is 1.89. The Morgan fingerprint density at radius 1 is 0.850 bits per heavy atom. The lowest BCUT2D eigenvalue weighted by Crippen LogP contribution is -2.01. The van der Waals surface area contributed by atoms with Crippen molar-refractivity contribution in [3.05, 3.63) is 47.5 Å². The molecule has 0 radical (unpaired) electrons. The molecule has 2 aromatic rings. The summed E-state index contributed by atoms with van der Waals surface area (Å²) in [7, 11) is 0. The molecule has 0 aliphatic carbocycles. The Hall–Kier alpha value is -2.69. The van der Waals surface area contributed by atoms with Gasteiger partial charge in [-0.2, -0.15) is 0 Å². The lowest BCUT2D eigenvalue weighted by atomic mass is 10.0. The van der Waals surface area contributed by atoms with Crippen LogP contribution in [0.5, 0.6) is 23.0 Å². The maximum absolute atomic E-state index is 12.0. The van der Waals surface area contributed by atoms with Crippen LogP contribution in [0, 0.1) is 0 Å². The molecule has 0 atom stereocenters. The minimum atomic E-state index is -0.342. The number of hydrogen-bond donors (Lipinski definition) is 4. The fraction of sp³-hybridized carbons (Fsp3) is 0.133. The van der Waals surface area contributed by atoms with Gasteiger partial charge in [0, 0.05) is 12.5 Å². The fourth-order valence-electron chi connectivity index (χ4n) is 1.89. The van der Waals surface area contributed by atoms with Crippen LogP contribution in [0.25, 0.3) is 0 Å². The zero-order chi connectivity index (χ0) is 14.7. The van der Waals surface area contributed by atoms with Gasteiger partial charge in [-0.25, -0.2) is 0 Å². The van der Waals surface area contributed by atoms with Crippen LogP contribution in [0.1, 0.15) is 22.3 Å². The molecule has 2 aromatic carbocycles. The second-order valence-corrected chi connectivity index (χ2v) is 4.44. The average molecular weight is 274 g/mol. The van der Waals surface area contributed by atoms with Crippen molar-refractivity contribution in [2.24, 2.45) is 0 Å². The van der Waals surface area contributed by atoms with Gasteiger partial charge in [0.1, 0.15) is 23.0 Å². The van der Waals surface area contributed by atoms with Crippen molar-refractivity contribution in [3.8, 4) is 23.0 Å².